The van der Waals surface area contributed by atoms with E-state index in [2.05, 4.69) is 15.9 Å². The van der Waals surface area contributed by atoms with Gasteiger partial charge in [-0.1, -0.05) is 46.3 Å². The predicted molar refractivity (Wildman–Crippen MR) is 123 cm³/mol. The van der Waals surface area contributed by atoms with Crippen molar-refractivity contribution in [3.05, 3.63) is 93.7 Å². The summed E-state index contributed by atoms with van der Waals surface area (Å²) in [6.07, 6.45) is 0. The Morgan fingerprint density at radius 3 is 2.59 bits per heavy atom. The summed E-state index contributed by atoms with van der Waals surface area (Å²) in [4.78, 5) is 14.9. The number of rotatable bonds is 5. The van der Waals surface area contributed by atoms with Gasteiger partial charge in [0.05, 0.1) is 13.2 Å². The van der Waals surface area contributed by atoms with Crippen molar-refractivity contribution in [2.24, 2.45) is 0 Å². The number of aliphatic hydroxyl groups is 1. The average molecular weight is 494 g/mol. The topological polar surface area (TPSA) is 68.2 Å². The van der Waals surface area contributed by atoms with E-state index in [1.54, 1.807) is 12.0 Å². The van der Waals surface area contributed by atoms with E-state index in [4.69, 9.17) is 14.2 Å². The van der Waals surface area contributed by atoms with Gasteiger partial charge in [-0.05, 0) is 53.1 Å². The molecule has 2 aliphatic rings. The quantitative estimate of drug-likeness (QED) is 0.526. The van der Waals surface area contributed by atoms with E-state index in [-0.39, 0.29) is 12.6 Å². The number of hydrogen-bond acceptors (Lipinski definition) is 5. The number of methoxy groups -OCH3 is 1. The van der Waals surface area contributed by atoms with E-state index < -0.39 is 11.9 Å². The zero-order valence-corrected chi connectivity index (χ0v) is 18.8. The van der Waals surface area contributed by atoms with Crippen LogP contribution in [0.1, 0.15) is 22.7 Å². The molecule has 1 N–H and O–H groups in total. The van der Waals surface area contributed by atoms with E-state index in [9.17, 15) is 9.90 Å². The standard InChI is InChI=1S/C25H20BrNO5/c1-30-19-8-6-16(7-9-19)22-23(17-3-2-4-18(26)12-17)27(25(29)24(22)28)13-15-5-10-20-21(11-15)32-14-31-20/h2-12,23,28H,13-14H2,1H3/t23-/m0/s1. The molecule has 5 rings (SSSR count). The molecule has 0 fully saturated rings. The van der Waals surface area contributed by atoms with Gasteiger partial charge in [0, 0.05) is 16.6 Å². The van der Waals surface area contributed by atoms with Crippen LogP contribution in [0.2, 0.25) is 0 Å². The minimum absolute atomic E-state index is 0.187. The third-order valence-electron chi connectivity index (χ3n) is 5.66. The largest absolute Gasteiger partial charge is 0.503 e. The number of carbonyl (C=O) groups is 1. The van der Waals surface area contributed by atoms with Gasteiger partial charge in [-0.25, -0.2) is 0 Å². The smallest absolute Gasteiger partial charge is 0.290 e. The van der Waals surface area contributed by atoms with Crippen molar-refractivity contribution >= 4 is 27.4 Å². The lowest BCUT2D eigenvalue weighted by molar-refractivity contribution is -0.130. The molecule has 0 spiro atoms. The van der Waals surface area contributed by atoms with E-state index in [1.165, 1.54) is 0 Å². The lowest BCUT2D eigenvalue weighted by Crippen LogP contribution is -2.29. The van der Waals surface area contributed by atoms with Crippen molar-refractivity contribution in [3.63, 3.8) is 0 Å². The van der Waals surface area contributed by atoms with Gasteiger partial charge in [-0.2, -0.15) is 0 Å². The molecule has 32 heavy (non-hydrogen) atoms. The van der Waals surface area contributed by atoms with Gasteiger partial charge in [0.25, 0.3) is 5.91 Å². The Bertz CT molecular complexity index is 1220. The average Bonchev–Trinajstić information content (AvgIpc) is 3.37. The van der Waals surface area contributed by atoms with Crippen molar-refractivity contribution in [2.75, 3.05) is 13.9 Å². The van der Waals surface area contributed by atoms with Crippen molar-refractivity contribution in [1.82, 2.24) is 4.90 Å². The summed E-state index contributed by atoms with van der Waals surface area (Å²) in [5.41, 5.74) is 3.10. The minimum atomic E-state index is -0.459. The highest BCUT2D eigenvalue weighted by Gasteiger charge is 2.41. The lowest BCUT2D eigenvalue weighted by atomic mass is 9.93. The second-order valence-electron chi connectivity index (χ2n) is 7.57. The Labute approximate surface area is 193 Å². The van der Waals surface area contributed by atoms with Crippen molar-refractivity contribution in [1.29, 1.82) is 0 Å². The van der Waals surface area contributed by atoms with Crippen LogP contribution < -0.4 is 14.2 Å². The number of nitrogens with zero attached hydrogens (tertiary/aromatic N) is 1. The molecule has 0 saturated carbocycles. The maximum absolute atomic E-state index is 13.2. The Morgan fingerprint density at radius 2 is 1.84 bits per heavy atom. The van der Waals surface area contributed by atoms with Gasteiger partial charge in [0.2, 0.25) is 6.79 Å². The van der Waals surface area contributed by atoms with Crippen LogP contribution >= 0.6 is 15.9 Å². The predicted octanol–water partition coefficient (Wildman–Crippen LogP) is 5.24. The minimum Gasteiger partial charge on any atom is -0.503 e. The molecule has 0 bridgehead atoms. The van der Waals surface area contributed by atoms with Crippen LogP contribution in [0.4, 0.5) is 0 Å². The lowest BCUT2D eigenvalue weighted by Gasteiger charge is -2.28. The molecular weight excluding hydrogens is 474 g/mol. The second-order valence-corrected chi connectivity index (χ2v) is 8.48. The number of carbonyl (C=O) groups excluding carboxylic acids is 1. The number of halogens is 1. The fourth-order valence-electron chi connectivity index (χ4n) is 4.14. The summed E-state index contributed by atoms with van der Waals surface area (Å²) in [6.45, 7) is 0.489. The number of hydrogen-bond donors (Lipinski definition) is 1. The first kappa shape index (κ1) is 20.5. The molecule has 1 amide bonds. The molecule has 0 aromatic heterocycles. The molecule has 2 heterocycles. The molecule has 2 aliphatic heterocycles. The van der Waals surface area contributed by atoms with Crippen molar-refractivity contribution in [3.8, 4) is 17.2 Å². The third-order valence-corrected chi connectivity index (χ3v) is 6.15. The zero-order chi connectivity index (χ0) is 22.2. The van der Waals surface area contributed by atoms with E-state index in [0.29, 0.717) is 29.4 Å². The Morgan fingerprint density at radius 1 is 1.06 bits per heavy atom. The monoisotopic (exact) mass is 493 g/mol. The fraction of sp³-hybridized carbons (Fsp3) is 0.160. The summed E-state index contributed by atoms with van der Waals surface area (Å²) in [7, 11) is 1.60. The molecule has 0 aliphatic carbocycles. The van der Waals surface area contributed by atoms with Crippen LogP contribution in [0.5, 0.6) is 17.2 Å². The molecule has 3 aromatic carbocycles. The molecule has 0 radical (unpaired) electrons. The van der Waals surface area contributed by atoms with E-state index in [0.717, 1.165) is 21.2 Å². The van der Waals surface area contributed by atoms with Crippen LogP contribution in [0.15, 0.2) is 77.0 Å². The second kappa shape index (κ2) is 8.24. The maximum atomic E-state index is 13.2. The SMILES string of the molecule is COc1ccc(C2=C(O)C(=O)N(Cc3ccc4c(c3)OCO4)[C@H]2c2cccc(Br)c2)cc1. The van der Waals surface area contributed by atoms with Crippen LogP contribution in [0.25, 0.3) is 5.57 Å². The number of aliphatic hydroxyl groups excluding tert-OH is 1. The first-order valence-corrected chi connectivity index (χ1v) is 10.9. The fourth-order valence-corrected chi connectivity index (χ4v) is 4.56. The van der Waals surface area contributed by atoms with Gasteiger partial charge in [-0.15, -0.1) is 0 Å². The van der Waals surface area contributed by atoms with Gasteiger partial charge in [-0.3, -0.25) is 4.79 Å². The number of ether oxygens (including phenoxy) is 3. The van der Waals surface area contributed by atoms with Gasteiger partial charge in [0.15, 0.2) is 17.3 Å². The Balaban J connectivity index is 1.57. The molecular formula is C25H20BrNO5. The van der Waals surface area contributed by atoms with Gasteiger partial charge >= 0.3 is 0 Å². The summed E-state index contributed by atoms with van der Waals surface area (Å²) in [6, 6.07) is 20.3. The molecule has 6 nitrogen and oxygen atoms in total. The summed E-state index contributed by atoms with van der Waals surface area (Å²) in [5.74, 6) is 1.37. The molecule has 1 atom stereocenters. The molecule has 7 heteroatoms. The van der Waals surface area contributed by atoms with Gasteiger partial charge < -0.3 is 24.2 Å². The Kier molecular flexibility index (Phi) is 5.27. The highest BCUT2D eigenvalue weighted by Crippen LogP contribution is 2.45. The van der Waals surface area contributed by atoms with Crippen LogP contribution in [0, 0.1) is 0 Å². The van der Waals surface area contributed by atoms with Gasteiger partial charge in [0.1, 0.15) is 5.75 Å². The molecule has 0 unspecified atom stereocenters. The highest BCUT2D eigenvalue weighted by molar-refractivity contribution is 9.10. The van der Waals surface area contributed by atoms with Crippen LogP contribution in [0.3, 0.4) is 0 Å². The molecule has 0 saturated heterocycles. The van der Waals surface area contributed by atoms with Crippen LogP contribution in [-0.2, 0) is 11.3 Å². The van der Waals surface area contributed by atoms with Crippen molar-refractivity contribution in [2.45, 2.75) is 12.6 Å². The normalized spacial score (nSPS) is 17.2. The maximum Gasteiger partial charge on any atom is 0.290 e. The summed E-state index contributed by atoms with van der Waals surface area (Å²) >= 11 is 3.53. The molecule has 162 valence electrons. The summed E-state index contributed by atoms with van der Waals surface area (Å²) in [5, 5.41) is 10.9. The molecule has 3 aromatic rings. The first-order chi connectivity index (χ1) is 15.5. The Hall–Kier alpha value is -3.45. The number of benzene rings is 3. The van der Waals surface area contributed by atoms with Crippen LogP contribution in [-0.4, -0.2) is 29.8 Å². The highest BCUT2D eigenvalue weighted by atomic mass is 79.9. The first-order valence-electron chi connectivity index (χ1n) is 10.1. The number of amides is 1. The zero-order valence-electron chi connectivity index (χ0n) is 17.2. The third kappa shape index (κ3) is 3.58. The number of fused-ring (bicyclic) bond motifs is 1. The summed E-state index contributed by atoms with van der Waals surface area (Å²) < 4.78 is 17.0. The van der Waals surface area contributed by atoms with E-state index >= 15 is 0 Å². The van der Waals surface area contributed by atoms with E-state index in [1.807, 2.05) is 66.7 Å². The van der Waals surface area contributed by atoms with Crippen molar-refractivity contribution < 1.29 is 24.1 Å².